The largest absolute Gasteiger partial charge is 0.313 e. The molecule has 0 aliphatic carbocycles. The van der Waals surface area contributed by atoms with Crippen molar-refractivity contribution in [2.45, 2.75) is 30.3 Å². The lowest BCUT2D eigenvalue weighted by Crippen LogP contribution is -2.35. The summed E-state index contributed by atoms with van der Waals surface area (Å²) in [6, 6.07) is 0.663. The molecule has 2 heterocycles. The summed E-state index contributed by atoms with van der Waals surface area (Å²) in [5.74, 6) is 1.11. The van der Waals surface area contributed by atoms with Gasteiger partial charge in [-0.3, -0.25) is 4.98 Å². The van der Waals surface area contributed by atoms with E-state index in [1.807, 2.05) is 6.20 Å². The first-order valence-corrected chi connectivity index (χ1v) is 6.06. The average molecular weight is 209 g/mol. The lowest BCUT2D eigenvalue weighted by molar-refractivity contribution is 0.430. The van der Waals surface area contributed by atoms with Gasteiger partial charge in [-0.25, -0.2) is 4.98 Å². The van der Waals surface area contributed by atoms with E-state index in [9.17, 15) is 0 Å². The van der Waals surface area contributed by atoms with Gasteiger partial charge < -0.3 is 5.32 Å². The molecule has 1 aromatic heterocycles. The molecule has 76 valence electrons. The molecule has 0 aromatic carbocycles. The van der Waals surface area contributed by atoms with Gasteiger partial charge >= 0.3 is 0 Å². The molecule has 1 saturated heterocycles. The van der Waals surface area contributed by atoms with Gasteiger partial charge in [-0.15, -0.1) is 11.8 Å². The summed E-state index contributed by atoms with van der Waals surface area (Å²) in [4.78, 5) is 8.28. The molecule has 0 radical (unpaired) electrons. The van der Waals surface area contributed by atoms with Crippen LogP contribution in [0.5, 0.6) is 0 Å². The standard InChI is InChI=1S/C10H15N3S/c1-2-4-12-9(3-1)8-14-10-7-11-5-6-13-10/h5-7,9,12H,1-4,8H2/t9-/m1/s1. The van der Waals surface area contributed by atoms with Crippen LogP contribution in [0, 0.1) is 0 Å². The number of piperidine rings is 1. The van der Waals surface area contributed by atoms with E-state index in [0.29, 0.717) is 6.04 Å². The number of thioether (sulfide) groups is 1. The van der Waals surface area contributed by atoms with Crippen molar-refractivity contribution in [1.82, 2.24) is 15.3 Å². The molecule has 0 bridgehead atoms. The minimum Gasteiger partial charge on any atom is -0.313 e. The van der Waals surface area contributed by atoms with E-state index in [1.54, 1.807) is 24.2 Å². The molecule has 1 fully saturated rings. The van der Waals surface area contributed by atoms with Crippen LogP contribution in [0.3, 0.4) is 0 Å². The summed E-state index contributed by atoms with van der Waals surface area (Å²) in [6.45, 7) is 1.17. The van der Waals surface area contributed by atoms with Crippen LogP contribution in [0.2, 0.25) is 0 Å². The van der Waals surface area contributed by atoms with Crippen LogP contribution in [0.25, 0.3) is 0 Å². The minimum atomic E-state index is 0.663. The Kier molecular flexibility index (Phi) is 3.77. The van der Waals surface area contributed by atoms with E-state index >= 15 is 0 Å². The van der Waals surface area contributed by atoms with Crippen molar-refractivity contribution in [3.8, 4) is 0 Å². The fourth-order valence-electron chi connectivity index (χ4n) is 1.61. The number of nitrogens with zero attached hydrogens (tertiary/aromatic N) is 2. The van der Waals surface area contributed by atoms with Crippen LogP contribution in [0.1, 0.15) is 19.3 Å². The quantitative estimate of drug-likeness (QED) is 0.769. The zero-order chi connectivity index (χ0) is 9.64. The van der Waals surface area contributed by atoms with Gasteiger partial charge in [-0.2, -0.15) is 0 Å². The monoisotopic (exact) mass is 209 g/mol. The van der Waals surface area contributed by atoms with E-state index in [1.165, 1.54) is 25.8 Å². The predicted octanol–water partition coefficient (Wildman–Crippen LogP) is 1.71. The number of aromatic nitrogens is 2. The van der Waals surface area contributed by atoms with Gasteiger partial charge in [-0.05, 0) is 19.4 Å². The van der Waals surface area contributed by atoms with Crippen molar-refractivity contribution in [2.24, 2.45) is 0 Å². The Bertz CT molecular complexity index is 259. The van der Waals surface area contributed by atoms with Gasteiger partial charge in [0, 0.05) is 24.2 Å². The van der Waals surface area contributed by atoms with Crippen molar-refractivity contribution in [3.63, 3.8) is 0 Å². The SMILES string of the molecule is c1cnc(SC[C@H]2CCCCN2)cn1. The molecule has 1 atom stereocenters. The fourth-order valence-corrected chi connectivity index (χ4v) is 2.54. The van der Waals surface area contributed by atoms with Gasteiger partial charge in [0.2, 0.25) is 0 Å². The smallest absolute Gasteiger partial charge is 0.114 e. The maximum Gasteiger partial charge on any atom is 0.114 e. The van der Waals surface area contributed by atoms with Crippen LogP contribution >= 0.6 is 11.8 Å². The third-order valence-electron chi connectivity index (χ3n) is 2.38. The zero-order valence-electron chi connectivity index (χ0n) is 8.15. The van der Waals surface area contributed by atoms with Crippen LogP contribution in [-0.2, 0) is 0 Å². The van der Waals surface area contributed by atoms with Crippen molar-refractivity contribution >= 4 is 11.8 Å². The highest BCUT2D eigenvalue weighted by atomic mass is 32.2. The molecule has 0 unspecified atom stereocenters. The number of nitrogens with one attached hydrogen (secondary N) is 1. The van der Waals surface area contributed by atoms with Gasteiger partial charge in [0.25, 0.3) is 0 Å². The van der Waals surface area contributed by atoms with E-state index < -0.39 is 0 Å². The summed E-state index contributed by atoms with van der Waals surface area (Å²) in [7, 11) is 0. The average Bonchev–Trinajstić information content (AvgIpc) is 2.29. The second-order valence-corrected chi connectivity index (χ2v) is 4.54. The number of hydrogen-bond acceptors (Lipinski definition) is 4. The lowest BCUT2D eigenvalue weighted by atomic mass is 10.1. The Hall–Kier alpha value is -0.610. The maximum absolute atomic E-state index is 4.24. The summed E-state index contributed by atoms with van der Waals surface area (Å²) < 4.78 is 0. The molecule has 4 heteroatoms. The first kappa shape index (κ1) is 9.93. The second-order valence-electron chi connectivity index (χ2n) is 3.50. The molecule has 14 heavy (non-hydrogen) atoms. The molecular formula is C10H15N3S. The third kappa shape index (κ3) is 2.96. The van der Waals surface area contributed by atoms with Crippen LogP contribution < -0.4 is 5.32 Å². The Morgan fingerprint density at radius 1 is 1.43 bits per heavy atom. The number of hydrogen-bond donors (Lipinski definition) is 1. The Balaban J connectivity index is 1.76. The Morgan fingerprint density at radius 2 is 2.43 bits per heavy atom. The van der Waals surface area contributed by atoms with E-state index in [0.717, 1.165) is 10.8 Å². The molecule has 1 aliphatic heterocycles. The molecule has 0 saturated carbocycles. The molecule has 1 aliphatic rings. The van der Waals surface area contributed by atoms with Gasteiger partial charge in [-0.1, -0.05) is 6.42 Å². The van der Waals surface area contributed by atoms with Crippen molar-refractivity contribution in [2.75, 3.05) is 12.3 Å². The van der Waals surface area contributed by atoms with Crippen LogP contribution in [0.4, 0.5) is 0 Å². The second kappa shape index (κ2) is 5.32. The lowest BCUT2D eigenvalue weighted by Gasteiger charge is -2.22. The van der Waals surface area contributed by atoms with Crippen LogP contribution in [0.15, 0.2) is 23.6 Å². The molecular weight excluding hydrogens is 194 g/mol. The molecule has 1 N–H and O–H groups in total. The highest BCUT2D eigenvalue weighted by molar-refractivity contribution is 7.99. The van der Waals surface area contributed by atoms with E-state index in [4.69, 9.17) is 0 Å². The normalized spacial score (nSPS) is 22.1. The highest BCUT2D eigenvalue weighted by Crippen LogP contribution is 2.18. The predicted molar refractivity (Wildman–Crippen MR) is 58.4 cm³/mol. The Labute approximate surface area is 88.7 Å². The molecule has 0 spiro atoms. The molecule has 2 rings (SSSR count). The Morgan fingerprint density at radius 3 is 3.14 bits per heavy atom. The van der Waals surface area contributed by atoms with Crippen molar-refractivity contribution in [3.05, 3.63) is 18.6 Å². The van der Waals surface area contributed by atoms with Crippen molar-refractivity contribution < 1.29 is 0 Å². The third-order valence-corrected chi connectivity index (χ3v) is 3.46. The van der Waals surface area contributed by atoms with E-state index in [2.05, 4.69) is 15.3 Å². The summed E-state index contributed by atoms with van der Waals surface area (Å²) in [6.07, 6.45) is 9.27. The van der Waals surface area contributed by atoms with Crippen molar-refractivity contribution in [1.29, 1.82) is 0 Å². The minimum absolute atomic E-state index is 0.663. The first-order chi connectivity index (χ1) is 6.95. The maximum atomic E-state index is 4.24. The molecule has 1 aromatic rings. The van der Waals surface area contributed by atoms with Gasteiger partial charge in [0.05, 0.1) is 6.20 Å². The summed E-state index contributed by atoms with van der Waals surface area (Å²) in [5.41, 5.74) is 0. The summed E-state index contributed by atoms with van der Waals surface area (Å²) in [5, 5.41) is 4.55. The van der Waals surface area contributed by atoms with Gasteiger partial charge in [0.1, 0.15) is 5.03 Å². The van der Waals surface area contributed by atoms with Crippen LogP contribution in [-0.4, -0.2) is 28.3 Å². The topological polar surface area (TPSA) is 37.8 Å². The first-order valence-electron chi connectivity index (χ1n) is 5.07. The van der Waals surface area contributed by atoms with Gasteiger partial charge in [0.15, 0.2) is 0 Å². The highest BCUT2D eigenvalue weighted by Gasteiger charge is 2.12. The number of rotatable bonds is 3. The fraction of sp³-hybridized carbons (Fsp3) is 0.600. The molecule has 3 nitrogen and oxygen atoms in total. The molecule has 0 amide bonds. The zero-order valence-corrected chi connectivity index (χ0v) is 8.96. The van der Waals surface area contributed by atoms with E-state index in [-0.39, 0.29) is 0 Å². The summed E-state index contributed by atoms with van der Waals surface area (Å²) >= 11 is 1.79.